The first-order valence-corrected chi connectivity index (χ1v) is 4.62. The maximum Gasteiger partial charge on any atom is 0.0297 e. The average Bonchev–Trinajstić information content (AvgIpc) is 2.07. The molecule has 2 heteroatoms. The SMILES string of the molecule is Cc1ccc2c(c1)C(N)CCC2.Cl. The number of halogens is 1. The zero-order valence-corrected chi connectivity index (χ0v) is 8.73. The minimum Gasteiger partial charge on any atom is -0.324 e. The molecular weight excluding hydrogens is 182 g/mol. The summed E-state index contributed by atoms with van der Waals surface area (Å²) in [5.41, 5.74) is 10.2. The summed E-state index contributed by atoms with van der Waals surface area (Å²) in [4.78, 5) is 0. The lowest BCUT2D eigenvalue weighted by molar-refractivity contribution is 0.570. The van der Waals surface area contributed by atoms with Crippen LogP contribution < -0.4 is 5.73 Å². The van der Waals surface area contributed by atoms with E-state index >= 15 is 0 Å². The van der Waals surface area contributed by atoms with Gasteiger partial charge in [0.1, 0.15) is 0 Å². The van der Waals surface area contributed by atoms with Crippen molar-refractivity contribution in [3.63, 3.8) is 0 Å². The molecule has 0 aliphatic heterocycles. The second kappa shape index (κ2) is 4.12. The topological polar surface area (TPSA) is 26.0 Å². The van der Waals surface area contributed by atoms with Crippen molar-refractivity contribution in [2.75, 3.05) is 0 Å². The Bertz CT molecular complexity index is 296. The normalized spacial score (nSPS) is 20.3. The van der Waals surface area contributed by atoms with Crippen LogP contribution in [-0.2, 0) is 6.42 Å². The zero-order chi connectivity index (χ0) is 8.55. The van der Waals surface area contributed by atoms with Crippen LogP contribution in [0.3, 0.4) is 0 Å². The van der Waals surface area contributed by atoms with Crippen LogP contribution in [0.5, 0.6) is 0 Å². The van der Waals surface area contributed by atoms with E-state index in [4.69, 9.17) is 5.73 Å². The highest BCUT2D eigenvalue weighted by atomic mass is 35.5. The van der Waals surface area contributed by atoms with E-state index in [0.29, 0.717) is 0 Å². The van der Waals surface area contributed by atoms with Gasteiger partial charge >= 0.3 is 0 Å². The minimum absolute atomic E-state index is 0. The van der Waals surface area contributed by atoms with Gasteiger partial charge in [0.2, 0.25) is 0 Å². The number of rotatable bonds is 0. The van der Waals surface area contributed by atoms with E-state index in [1.807, 2.05) is 0 Å². The molecular formula is C11H16ClN. The van der Waals surface area contributed by atoms with Gasteiger partial charge in [0, 0.05) is 6.04 Å². The van der Waals surface area contributed by atoms with Crippen molar-refractivity contribution >= 4 is 12.4 Å². The van der Waals surface area contributed by atoms with Gasteiger partial charge in [-0.05, 0) is 37.3 Å². The zero-order valence-electron chi connectivity index (χ0n) is 7.92. The molecule has 0 aromatic heterocycles. The van der Waals surface area contributed by atoms with Crippen LogP contribution in [0.1, 0.15) is 35.6 Å². The summed E-state index contributed by atoms with van der Waals surface area (Å²) >= 11 is 0. The molecule has 0 amide bonds. The minimum atomic E-state index is 0. The summed E-state index contributed by atoms with van der Waals surface area (Å²) < 4.78 is 0. The maximum absolute atomic E-state index is 6.02. The van der Waals surface area contributed by atoms with Gasteiger partial charge in [0.05, 0.1) is 0 Å². The molecule has 1 aromatic rings. The van der Waals surface area contributed by atoms with Crippen LogP contribution in [0, 0.1) is 6.92 Å². The van der Waals surface area contributed by atoms with Gasteiger partial charge in [-0.3, -0.25) is 0 Å². The molecule has 0 heterocycles. The Morgan fingerprint density at radius 2 is 2.15 bits per heavy atom. The highest BCUT2D eigenvalue weighted by Gasteiger charge is 2.15. The monoisotopic (exact) mass is 197 g/mol. The molecule has 1 unspecified atom stereocenters. The van der Waals surface area contributed by atoms with Crippen LogP contribution in [0.15, 0.2) is 18.2 Å². The van der Waals surface area contributed by atoms with Crippen LogP contribution in [0.25, 0.3) is 0 Å². The Kier molecular flexibility index (Phi) is 3.34. The van der Waals surface area contributed by atoms with Crippen molar-refractivity contribution in [1.29, 1.82) is 0 Å². The third kappa shape index (κ3) is 2.04. The largest absolute Gasteiger partial charge is 0.324 e. The van der Waals surface area contributed by atoms with E-state index in [0.717, 1.165) is 6.42 Å². The van der Waals surface area contributed by atoms with E-state index < -0.39 is 0 Å². The molecule has 0 radical (unpaired) electrons. The van der Waals surface area contributed by atoms with Crippen LogP contribution in [0.4, 0.5) is 0 Å². The molecule has 1 aliphatic carbocycles. The van der Waals surface area contributed by atoms with Crippen molar-refractivity contribution in [3.8, 4) is 0 Å². The van der Waals surface area contributed by atoms with Gasteiger partial charge in [-0.15, -0.1) is 12.4 Å². The lowest BCUT2D eigenvalue weighted by Gasteiger charge is -2.22. The fourth-order valence-electron chi connectivity index (χ4n) is 1.96. The van der Waals surface area contributed by atoms with Crippen molar-refractivity contribution < 1.29 is 0 Å². The first kappa shape index (κ1) is 10.6. The maximum atomic E-state index is 6.02. The quantitative estimate of drug-likeness (QED) is 0.680. The second-order valence-electron chi connectivity index (χ2n) is 3.70. The lowest BCUT2D eigenvalue weighted by atomic mass is 9.87. The molecule has 1 nitrogen and oxygen atoms in total. The van der Waals surface area contributed by atoms with E-state index in [1.165, 1.54) is 29.5 Å². The fourth-order valence-corrected chi connectivity index (χ4v) is 1.96. The summed E-state index contributed by atoms with van der Waals surface area (Å²) in [6.07, 6.45) is 3.61. The predicted molar refractivity (Wildman–Crippen MR) is 58.3 cm³/mol. The molecule has 0 saturated heterocycles. The number of hydrogen-bond donors (Lipinski definition) is 1. The van der Waals surface area contributed by atoms with Gasteiger partial charge in [-0.2, -0.15) is 0 Å². The standard InChI is InChI=1S/C11H15N.ClH/c1-8-5-6-9-3-2-4-11(12)10(9)7-8;/h5-7,11H,2-4,12H2,1H3;1H. The number of fused-ring (bicyclic) bond motifs is 1. The van der Waals surface area contributed by atoms with Gasteiger partial charge in [-0.1, -0.05) is 23.8 Å². The molecule has 0 fully saturated rings. The van der Waals surface area contributed by atoms with E-state index in [2.05, 4.69) is 25.1 Å². The first-order valence-electron chi connectivity index (χ1n) is 4.62. The third-order valence-corrected chi connectivity index (χ3v) is 2.66. The van der Waals surface area contributed by atoms with E-state index in [9.17, 15) is 0 Å². The Morgan fingerprint density at radius 3 is 2.92 bits per heavy atom. The summed E-state index contributed by atoms with van der Waals surface area (Å²) in [7, 11) is 0. The van der Waals surface area contributed by atoms with Crippen LogP contribution in [-0.4, -0.2) is 0 Å². The number of aryl methyl sites for hydroxylation is 2. The molecule has 1 aliphatic rings. The molecule has 2 rings (SSSR count). The molecule has 0 spiro atoms. The second-order valence-corrected chi connectivity index (χ2v) is 3.70. The van der Waals surface area contributed by atoms with Crippen molar-refractivity contribution in [3.05, 3.63) is 34.9 Å². The van der Waals surface area contributed by atoms with Gasteiger partial charge < -0.3 is 5.73 Å². The van der Waals surface area contributed by atoms with Crippen molar-refractivity contribution in [2.24, 2.45) is 5.73 Å². The fraction of sp³-hybridized carbons (Fsp3) is 0.455. The Labute approximate surface area is 85.7 Å². The number of benzene rings is 1. The molecule has 1 atom stereocenters. The molecule has 2 N–H and O–H groups in total. The smallest absolute Gasteiger partial charge is 0.0297 e. The third-order valence-electron chi connectivity index (χ3n) is 2.66. The van der Waals surface area contributed by atoms with E-state index in [1.54, 1.807) is 0 Å². The number of nitrogens with two attached hydrogens (primary N) is 1. The van der Waals surface area contributed by atoms with Crippen molar-refractivity contribution in [2.45, 2.75) is 32.2 Å². The molecule has 0 bridgehead atoms. The lowest BCUT2D eigenvalue weighted by Crippen LogP contribution is -2.17. The highest BCUT2D eigenvalue weighted by molar-refractivity contribution is 5.85. The first-order chi connectivity index (χ1) is 5.77. The van der Waals surface area contributed by atoms with Gasteiger partial charge in [0.25, 0.3) is 0 Å². The molecule has 1 aromatic carbocycles. The summed E-state index contributed by atoms with van der Waals surface area (Å²) in [5.74, 6) is 0. The Hall–Kier alpha value is -0.530. The Balaban J connectivity index is 0.000000845. The van der Waals surface area contributed by atoms with E-state index in [-0.39, 0.29) is 18.4 Å². The van der Waals surface area contributed by atoms with Gasteiger partial charge in [-0.25, -0.2) is 0 Å². The number of hydrogen-bond acceptors (Lipinski definition) is 1. The highest BCUT2D eigenvalue weighted by Crippen LogP contribution is 2.28. The molecule has 0 saturated carbocycles. The van der Waals surface area contributed by atoms with Crippen molar-refractivity contribution in [1.82, 2.24) is 0 Å². The predicted octanol–water partition coefficient (Wildman–Crippen LogP) is 2.75. The summed E-state index contributed by atoms with van der Waals surface area (Å²) in [5, 5.41) is 0. The van der Waals surface area contributed by atoms with Gasteiger partial charge in [0.15, 0.2) is 0 Å². The summed E-state index contributed by atoms with van der Waals surface area (Å²) in [6.45, 7) is 2.13. The Morgan fingerprint density at radius 1 is 1.38 bits per heavy atom. The summed E-state index contributed by atoms with van der Waals surface area (Å²) in [6, 6.07) is 6.92. The van der Waals surface area contributed by atoms with Crippen LogP contribution >= 0.6 is 12.4 Å². The van der Waals surface area contributed by atoms with Crippen LogP contribution in [0.2, 0.25) is 0 Å². The average molecular weight is 198 g/mol. The molecule has 72 valence electrons. The molecule has 13 heavy (non-hydrogen) atoms.